The number of hydrogen-bond donors (Lipinski definition) is 0. The van der Waals surface area contributed by atoms with Gasteiger partial charge in [0.05, 0.1) is 45.6 Å². The molecular weight excluding hydrogens is 633 g/mol. The van der Waals surface area contributed by atoms with E-state index in [1.54, 1.807) is 12.1 Å². The molecule has 10 rings (SSSR count). The van der Waals surface area contributed by atoms with Crippen molar-refractivity contribution >= 4 is 60.1 Å². The molecule has 4 heteroatoms. The van der Waals surface area contributed by atoms with Crippen molar-refractivity contribution in [2.24, 2.45) is 0 Å². The third-order valence-corrected chi connectivity index (χ3v) is 10.4. The topological polar surface area (TPSA) is 38.0 Å². The number of aromatic nitrogens is 2. The van der Waals surface area contributed by atoms with Crippen LogP contribution in [-0.2, 0) is 0 Å². The van der Waals surface area contributed by atoms with Gasteiger partial charge in [0.2, 0.25) is 5.69 Å². The summed E-state index contributed by atoms with van der Waals surface area (Å²) in [7, 11) is 0. The predicted molar refractivity (Wildman–Crippen MR) is 214 cm³/mol. The molecule has 0 atom stereocenters. The lowest BCUT2D eigenvalue weighted by Crippen LogP contribution is -2.06. The molecule has 0 aliphatic carbocycles. The van der Waals surface area contributed by atoms with Gasteiger partial charge in [-0.1, -0.05) is 133 Å². The third kappa shape index (κ3) is 4.32. The lowest BCUT2D eigenvalue weighted by Gasteiger charge is -2.20. The van der Waals surface area contributed by atoms with E-state index in [0.717, 1.165) is 76.6 Å². The highest BCUT2D eigenvalue weighted by Gasteiger charge is 2.25. The number of nitriles is 1. The molecule has 0 unspecified atom stereocenters. The summed E-state index contributed by atoms with van der Waals surface area (Å²) in [5.74, 6) is 0. The SMILES string of the molecule is [C-]#[N+]c1ccc(C#N)c(-n2c3ccc(-c4ccccc4)cc3c3cc(-c4ccccc4)ccc32)c1-n1c2ccccc2c2c3ccccc3ccc21. The first-order valence-corrected chi connectivity index (χ1v) is 17.3. The summed E-state index contributed by atoms with van der Waals surface area (Å²) in [6, 6.07) is 61.2. The van der Waals surface area contributed by atoms with Crippen LogP contribution in [0.25, 0.3) is 92.9 Å². The molecule has 52 heavy (non-hydrogen) atoms. The van der Waals surface area contributed by atoms with Gasteiger partial charge in [-0.25, -0.2) is 4.85 Å². The van der Waals surface area contributed by atoms with Gasteiger partial charge in [-0.3, -0.25) is 0 Å². The summed E-state index contributed by atoms with van der Waals surface area (Å²) in [5.41, 5.74) is 10.7. The monoisotopic (exact) mass is 660 g/mol. The fraction of sp³-hybridized carbons (Fsp3) is 0. The molecule has 0 saturated carbocycles. The van der Waals surface area contributed by atoms with Crippen LogP contribution in [0.1, 0.15) is 5.56 Å². The Morgan fingerprint density at radius 3 is 1.62 bits per heavy atom. The molecule has 0 saturated heterocycles. The Kier molecular flexibility index (Phi) is 6.58. The summed E-state index contributed by atoms with van der Waals surface area (Å²) >= 11 is 0. The Morgan fingerprint density at radius 2 is 0.981 bits per heavy atom. The second-order valence-electron chi connectivity index (χ2n) is 13.1. The number of benzene rings is 8. The van der Waals surface area contributed by atoms with E-state index in [2.05, 4.69) is 160 Å². The minimum absolute atomic E-state index is 0.474. The number of hydrogen-bond acceptors (Lipinski definition) is 1. The van der Waals surface area contributed by atoms with Gasteiger partial charge >= 0.3 is 0 Å². The lowest BCUT2D eigenvalue weighted by atomic mass is 10.0. The maximum absolute atomic E-state index is 10.9. The van der Waals surface area contributed by atoms with Gasteiger partial charge in [0.1, 0.15) is 6.07 Å². The van der Waals surface area contributed by atoms with Crippen molar-refractivity contribution in [3.8, 4) is 39.7 Å². The molecule has 240 valence electrons. The van der Waals surface area contributed by atoms with E-state index in [-0.39, 0.29) is 0 Å². The van der Waals surface area contributed by atoms with Crippen LogP contribution in [0.15, 0.2) is 170 Å². The molecule has 0 aliphatic rings. The Hall–Kier alpha value is -7.40. The molecule has 0 fully saturated rings. The van der Waals surface area contributed by atoms with Crippen molar-refractivity contribution in [1.29, 1.82) is 5.26 Å². The third-order valence-electron chi connectivity index (χ3n) is 10.4. The van der Waals surface area contributed by atoms with Crippen molar-refractivity contribution in [3.05, 3.63) is 187 Å². The zero-order chi connectivity index (χ0) is 34.8. The number of para-hydroxylation sites is 1. The summed E-state index contributed by atoms with van der Waals surface area (Å²) < 4.78 is 4.41. The van der Waals surface area contributed by atoms with Crippen LogP contribution < -0.4 is 0 Å². The maximum Gasteiger partial charge on any atom is 0.212 e. The minimum Gasteiger partial charge on any atom is -0.317 e. The van der Waals surface area contributed by atoms with Gasteiger partial charge in [0, 0.05) is 21.5 Å². The second-order valence-corrected chi connectivity index (χ2v) is 13.1. The Morgan fingerprint density at radius 1 is 0.442 bits per heavy atom. The van der Waals surface area contributed by atoms with Crippen LogP contribution in [0.4, 0.5) is 5.69 Å². The standard InChI is InChI=1S/C48H28N4/c1-50-41-24-20-36(30-49)47(48(41)52-42-19-11-10-18-38(42)46-37-17-9-8-16-33(37)21-27-45(46)52)51-43-25-22-34(31-12-4-2-5-13-31)28-39(43)40-29-35(23-26-44(40)51)32-14-6-3-7-15-32/h2-29H. The molecule has 0 N–H and O–H groups in total. The molecule has 4 nitrogen and oxygen atoms in total. The molecule has 2 aromatic heterocycles. The normalized spacial score (nSPS) is 11.4. The fourth-order valence-corrected chi connectivity index (χ4v) is 8.06. The van der Waals surface area contributed by atoms with Crippen LogP contribution in [0.2, 0.25) is 0 Å². The highest BCUT2D eigenvalue weighted by atomic mass is 15.1. The molecule has 0 amide bonds. The van der Waals surface area contributed by atoms with Gasteiger partial charge in [-0.05, 0) is 69.4 Å². The number of rotatable bonds is 4. The summed E-state index contributed by atoms with van der Waals surface area (Å²) in [6.45, 7) is 8.48. The maximum atomic E-state index is 10.9. The van der Waals surface area contributed by atoms with E-state index in [1.165, 1.54) is 0 Å². The Labute approximate surface area is 300 Å². The summed E-state index contributed by atoms with van der Waals surface area (Å²) in [5, 5.41) is 17.5. The van der Waals surface area contributed by atoms with Crippen molar-refractivity contribution in [2.45, 2.75) is 0 Å². The van der Waals surface area contributed by atoms with Gasteiger partial charge in [0.15, 0.2) is 0 Å². The average molecular weight is 661 g/mol. The predicted octanol–water partition coefficient (Wildman–Crippen LogP) is 12.8. The highest BCUT2D eigenvalue weighted by molar-refractivity contribution is 6.22. The molecule has 0 aliphatic heterocycles. The van der Waals surface area contributed by atoms with E-state index >= 15 is 0 Å². The van der Waals surface area contributed by atoms with Gasteiger partial charge in [0.25, 0.3) is 0 Å². The average Bonchev–Trinajstić information content (AvgIpc) is 3.73. The molecule has 0 spiro atoms. The number of fused-ring (bicyclic) bond motifs is 8. The zero-order valence-electron chi connectivity index (χ0n) is 28.0. The molecular formula is C48H28N4. The van der Waals surface area contributed by atoms with Crippen molar-refractivity contribution in [2.75, 3.05) is 0 Å². The Balaban J connectivity index is 1.37. The minimum atomic E-state index is 0.474. The zero-order valence-corrected chi connectivity index (χ0v) is 28.0. The highest BCUT2D eigenvalue weighted by Crippen LogP contribution is 2.45. The summed E-state index contributed by atoms with van der Waals surface area (Å²) in [4.78, 5) is 4.12. The largest absolute Gasteiger partial charge is 0.317 e. The van der Waals surface area contributed by atoms with E-state index in [1.807, 2.05) is 18.2 Å². The van der Waals surface area contributed by atoms with Crippen LogP contribution in [0, 0.1) is 17.9 Å². The number of nitrogens with zero attached hydrogens (tertiary/aromatic N) is 4. The first-order valence-electron chi connectivity index (χ1n) is 17.3. The molecule has 8 aromatic carbocycles. The first kappa shape index (κ1) is 29.5. The molecule has 0 bridgehead atoms. The Bertz CT molecular complexity index is 3040. The second kappa shape index (κ2) is 11.6. The van der Waals surface area contributed by atoms with E-state index < -0.39 is 0 Å². The van der Waals surface area contributed by atoms with E-state index in [9.17, 15) is 5.26 Å². The van der Waals surface area contributed by atoms with Gasteiger partial charge < -0.3 is 9.13 Å². The fourth-order valence-electron chi connectivity index (χ4n) is 8.06. The van der Waals surface area contributed by atoms with E-state index in [4.69, 9.17) is 6.57 Å². The van der Waals surface area contributed by atoms with Crippen LogP contribution in [0.3, 0.4) is 0 Å². The van der Waals surface area contributed by atoms with Crippen LogP contribution in [0.5, 0.6) is 0 Å². The van der Waals surface area contributed by atoms with Crippen molar-refractivity contribution in [1.82, 2.24) is 9.13 Å². The van der Waals surface area contributed by atoms with Gasteiger partial charge in [-0.15, -0.1) is 0 Å². The molecule has 0 radical (unpaired) electrons. The molecule has 10 aromatic rings. The molecule has 2 heterocycles. The lowest BCUT2D eigenvalue weighted by molar-refractivity contribution is 1.09. The van der Waals surface area contributed by atoms with Crippen LogP contribution >= 0.6 is 0 Å². The summed E-state index contributed by atoms with van der Waals surface area (Å²) in [6.07, 6.45) is 0. The van der Waals surface area contributed by atoms with Crippen molar-refractivity contribution < 1.29 is 0 Å². The van der Waals surface area contributed by atoms with Crippen LogP contribution in [-0.4, -0.2) is 9.13 Å². The smallest absolute Gasteiger partial charge is 0.212 e. The first-order chi connectivity index (χ1) is 25.7. The van der Waals surface area contributed by atoms with Gasteiger partial charge in [-0.2, -0.15) is 5.26 Å². The quantitative estimate of drug-likeness (QED) is 0.173. The van der Waals surface area contributed by atoms with E-state index in [0.29, 0.717) is 22.6 Å². The van der Waals surface area contributed by atoms with Crippen molar-refractivity contribution in [3.63, 3.8) is 0 Å².